The third-order valence-electron chi connectivity index (χ3n) is 4.44. The first-order chi connectivity index (χ1) is 14.4. The van der Waals surface area contributed by atoms with Crippen LogP contribution >= 0.6 is 23.1 Å². The van der Waals surface area contributed by atoms with E-state index in [2.05, 4.69) is 0 Å². The summed E-state index contributed by atoms with van der Waals surface area (Å²) < 4.78 is 42.6. The van der Waals surface area contributed by atoms with Crippen molar-refractivity contribution in [3.8, 4) is 11.5 Å². The average molecular weight is 472 g/mol. The van der Waals surface area contributed by atoms with Crippen LogP contribution in [0.5, 0.6) is 11.5 Å². The summed E-state index contributed by atoms with van der Waals surface area (Å²) in [5.41, 5.74) is 0.283. The molecule has 3 rings (SSSR count). The smallest absolute Gasteiger partial charge is 0.350 e. The fourth-order valence-electron chi connectivity index (χ4n) is 2.87. The molecule has 0 amide bonds. The number of esters is 1. The summed E-state index contributed by atoms with van der Waals surface area (Å²) in [5.74, 6) is 0.977. The molecule has 11 heteroatoms. The Morgan fingerprint density at radius 1 is 1.07 bits per heavy atom. The van der Waals surface area contributed by atoms with E-state index in [1.54, 1.807) is 17.8 Å². The number of sulfonamides is 1. The SMILES string of the molecule is COc1ccc(C(=O)COC(=O)c2sccc2S(=O)(=O)N2CCSCC2)cc1OC. The van der Waals surface area contributed by atoms with Crippen LogP contribution in [0, 0.1) is 0 Å². The average Bonchev–Trinajstić information content (AvgIpc) is 3.28. The molecule has 0 spiro atoms. The lowest BCUT2D eigenvalue weighted by atomic mass is 10.1. The van der Waals surface area contributed by atoms with Crippen LogP contribution < -0.4 is 9.47 Å². The second-order valence-electron chi connectivity index (χ2n) is 6.20. The van der Waals surface area contributed by atoms with Gasteiger partial charge in [0.2, 0.25) is 10.0 Å². The summed E-state index contributed by atoms with van der Waals surface area (Å²) in [4.78, 5) is 24.8. The van der Waals surface area contributed by atoms with Crippen LogP contribution in [0.25, 0.3) is 0 Å². The minimum atomic E-state index is -3.79. The number of hydrogen-bond donors (Lipinski definition) is 0. The molecule has 0 aliphatic carbocycles. The van der Waals surface area contributed by atoms with E-state index in [1.807, 2.05) is 0 Å². The number of ketones is 1. The third-order valence-corrected chi connectivity index (χ3v) is 8.35. The highest BCUT2D eigenvalue weighted by molar-refractivity contribution is 7.99. The van der Waals surface area contributed by atoms with Gasteiger partial charge in [-0.1, -0.05) is 0 Å². The molecule has 0 bridgehead atoms. The molecule has 1 aliphatic rings. The maximum Gasteiger partial charge on any atom is 0.350 e. The van der Waals surface area contributed by atoms with Crippen LogP contribution in [0.1, 0.15) is 20.0 Å². The summed E-state index contributed by atoms with van der Waals surface area (Å²) in [6.45, 7) is 0.274. The molecule has 0 radical (unpaired) electrons. The Balaban J connectivity index is 1.70. The van der Waals surface area contributed by atoms with Crippen molar-refractivity contribution >= 4 is 44.9 Å². The van der Waals surface area contributed by atoms with Gasteiger partial charge in [-0.3, -0.25) is 4.79 Å². The van der Waals surface area contributed by atoms with Gasteiger partial charge in [-0.2, -0.15) is 16.1 Å². The number of rotatable bonds is 8. The Morgan fingerprint density at radius 2 is 1.77 bits per heavy atom. The van der Waals surface area contributed by atoms with Gasteiger partial charge in [0.15, 0.2) is 23.9 Å². The van der Waals surface area contributed by atoms with E-state index in [-0.39, 0.29) is 15.3 Å². The highest BCUT2D eigenvalue weighted by Crippen LogP contribution is 2.29. The van der Waals surface area contributed by atoms with Crippen molar-refractivity contribution in [3.63, 3.8) is 0 Å². The number of carbonyl (C=O) groups is 2. The standard InChI is InChI=1S/C19H21NO7S3/c1-25-15-4-3-13(11-16(15)26-2)14(21)12-27-19(22)18-17(5-8-29-18)30(23,24)20-6-9-28-10-7-20/h3-5,8,11H,6-7,9-10,12H2,1-2H3. The first kappa shape index (κ1) is 22.6. The topological polar surface area (TPSA) is 99.2 Å². The minimum absolute atomic E-state index is 0.0339. The molecular formula is C19H21NO7S3. The Morgan fingerprint density at radius 3 is 2.43 bits per heavy atom. The molecule has 1 saturated heterocycles. The van der Waals surface area contributed by atoms with Crippen LogP contribution in [0.2, 0.25) is 0 Å². The second-order valence-corrected chi connectivity index (χ2v) is 10.2. The summed E-state index contributed by atoms with van der Waals surface area (Å²) in [5, 5.41) is 1.53. The van der Waals surface area contributed by atoms with Crippen LogP contribution in [0.3, 0.4) is 0 Å². The molecule has 1 aromatic heterocycles. The lowest BCUT2D eigenvalue weighted by Crippen LogP contribution is -2.38. The number of hydrogen-bond acceptors (Lipinski definition) is 9. The zero-order chi connectivity index (χ0) is 21.7. The molecule has 0 N–H and O–H groups in total. The number of Topliss-reactive ketones (excluding diaryl/α,β-unsaturated/α-hetero) is 1. The van der Waals surface area contributed by atoms with Gasteiger partial charge in [-0.05, 0) is 29.6 Å². The predicted molar refractivity (Wildman–Crippen MR) is 115 cm³/mol. The fraction of sp³-hybridized carbons (Fsp3) is 0.368. The largest absolute Gasteiger partial charge is 0.493 e. The van der Waals surface area contributed by atoms with Crippen LogP contribution in [0.4, 0.5) is 0 Å². The van der Waals surface area contributed by atoms with E-state index in [0.29, 0.717) is 36.1 Å². The van der Waals surface area contributed by atoms with E-state index >= 15 is 0 Å². The van der Waals surface area contributed by atoms with Gasteiger partial charge < -0.3 is 14.2 Å². The summed E-state index contributed by atoms with van der Waals surface area (Å²) in [7, 11) is -0.855. The Hall–Kier alpha value is -2.08. The quantitative estimate of drug-likeness (QED) is 0.428. The number of thioether (sulfide) groups is 1. The number of carbonyl (C=O) groups excluding carboxylic acids is 2. The number of thiophene rings is 1. The maximum atomic E-state index is 12.9. The Labute approximate surface area is 183 Å². The zero-order valence-electron chi connectivity index (χ0n) is 16.5. The molecule has 1 fully saturated rings. The molecule has 1 aliphatic heterocycles. The molecule has 8 nitrogen and oxygen atoms in total. The number of methoxy groups -OCH3 is 2. The molecule has 0 atom stereocenters. The molecule has 0 saturated carbocycles. The van der Waals surface area contributed by atoms with Crippen LogP contribution in [-0.4, -0.2) is 69.9 Å². The summed E-state index contributed by atoms with van der Waals surface area (Å²) in [6, 6.07) is 6.00. The predicted octanol–water partition coefficient (Wildman–Crippen LogP) is 2.54. The van der Waals surface area contributed by atoms with Gasteiger partial charge in [0.05, 0.1) is 14.2 Å². The minimum Gasteiger partial charge on any atom is -0.493 e. The van der Waals surface area contributed by atoms with Crippen molar-refractivity contribution in [2.24, 2.45) is 0 Å². The van der Waals surface area contributed by atoms with E-state index in [1.165, 1.54) is 42.1 Å². The van der Waals surface area contributed by atoms with Gasteiger partial charge in [0.25, 0.3) is 0 Å². The second kappa shape index (κ2) is 9.82. The van der Waals surface area contributed by atoms with Crippen molar-refractivity contribution in [3.05, 3.63) is 40.1 Å². The fourth-order valence-corrected chi connectivity index (χ4v) is 6.72. The Kier molecular flexibility index (Phi) is 7.40. The van der Waals surface area contributed by atoms with E-state index in [4.69, 9.17) is 14.2 Å². The van der Waals surface area contributed by atoms with Crippen LogP contribution in [0.15, 0.2) is 34.5 Å². The molecule has 162 valence electrons. The van der Waals surface area contributed by atoms with Gasteiger partial charge in [-0.15, -0.1) is 11.3 Å². The Bertz CT molecular complexity index is 1030. The van der Waals surface area contributed by atoms with E-state index in [0.717, 1.165) is 11.3 Å². The molecule has 2 aromatic rings. The molecule has 2 heterocycles. The van der Waals surface area contributed by atoms with Gasteiger partial charge in [0.1, 0.15) is 9.77 Å². The molecule has 30 heavy (non-hydrogen) atoms. The van der Waals surface area contributed by atoms with Crippen molar-refractivity contribution in [2.45, 2.75) is 4.90 Å². The third kappa shape index (κ3) is 4.80. The van der Waals surface area contributed by atoms with E-state index in [9.17, 15) is 18.0 Å². The van der Waals surface area contributed by atoms with Crippen molar-refractivity contribution in [1.82, 2.24) is 4.31 Å². The molecule has 0 unspecified atom stereocenters. The first-order valence-electron chi connectivity index (χ1n) is 8.96. The number of nitrogens with zero attached hydrogens (tertiary/aromatic N) is 1. The molecule has 1 aromatic carbocycles. The summed E-state index contributed by atoms with van der Waals surface area (Å²) in [6.07, 6.45) is 0. The molecular weight excluding hydrogens is 450 g/mol. The normalized spacial score (nSPS) is 14.9. The highest BCUT2D eigenvalue weighted by atomic mass is 32.2. The summed E-state index contributed by atoms with van der Waals surface area (Å²) >= 11 is 2.66. The number of benzene rings is 1. The lowest BCUT2D eigenvalue weighted by molar-refractivity contribution is 0.0476. The zero-order valence-corrected chi connectivity index (χ0v) is 18.9. The maximum absolute atomic E-state index is 12.9. The van der Waals surface area contributed by atoms with Crippen molar-refractivity contribution < 1.29 is 32.2 Å². The van der Waals surface area contributed by atoms with Crippen LogP contribution in [-0.2, 0) is 14.8 Å². The lowest BCUT2D eigenvalue weighted by Gasteiger charge is -2.25. The van der Waals surface area contributed by atoms with Gasteiger partial charge >= 0.3 is 5.97 Å². The highest BCUT2D eigenvalue weighted by Gasteiger charge is 2.32. The van der Waals surface area contributed by atoms with Gasteiger partial charge in [0, 0.05) is 30.2 Å². The first-order valence-corrected chi connectivity index (χ1v) is 12.4. The monoisotopic (exact) mass is 471 g/mol. The van der Waals surface area contributed by atoms with Gasteiger partial charge in [-0.25, -0.2) is 13.2 Å². The van der Waals surface area contributed by atoms with Crippen molar-refractivity contribution in [1.29, 1.82) is 0 Å². The number of ether oxygens (including phenoxy) is 3. The van der Waals surface area contributed by atoms with Crippen molar-refractivity contribution in [2.75, 3.05) is 45.4 Å². The van der Waals surface area contributed by atoms with E-state index < -0.39 is 28.4 Å².